The maximum atomic E-state index is 12.2. The summed E-state index contributed by atoms with van der Waals surface area (Å²) in [5.74, 6) is -0.00902. The van der Waals surface area contributed by atoms with Crippen LogP contribution in [-0.4, -0.2) is 36.9 Å². The first-order valence-electron chi connectivity index (χ1n) is 6.73. The fraction of sp³-hybridized carbons (Fsp3) is 0.467. The minimum absolute atomic E-state index is 0.00213. The average Bonchev–Trinajstić information content (AvgIpc) is 2.42. The van der Waals surface area contributed by atoms with Crippen molar-refractivity contribution in [2.75, 3.05) is 25.0 Å². The van der Waals surface area contributed by atoms with Gasteiger partial charge in [-0.15, -0.1) is 0 Å². The first-order chi connectivity index (χ1) is 9.08. The highest BCUT2D eigenvalue weighted by molar-refractivity contribution is 6.05. The van der Waals surface area contributed by atoms with E-state index in [0.717, 1.165) is 29.7 Å². The molecular formula is C15H20N2O2. The van der Waals surface area contributed by atoms with Crippen LogP contribution in [0.4, 0.5) is 5.69 Å². The molecule has 0 saturated carbocycles. The van der Waals surface area contributed by atoms with Crippen LogP contribution in [-0.2, 0) is 22.4 Å². The molecule has 0 unspecified atom stereocenters. The molecule has 0 aromatic heterocycles. The number of nitrogens with zero attached hydrogens (tertiary/aromatic N) is 2. The van der Waals surface area contributed by atoms with Crippen molar-refractivity contribution in [2.24, 2.45) is 0 Å². The van der Waals surface area contributed by atoms with E-state index in [1.54, 1.807) is 11.9 Å². The summed E-state index contributed by atoms with van der Waals surface area (Å²) in [6, 6.07) is 6.08. The number of rotatable bonds is 3. The molecule has 1 aromatic rings. The lowest BCUT2D eigenvalue weighted by Gasteiger charge is -2.34. The van der Waals surface area contributed by atoms with E-state index in [2.05, 4.69) is 13.8 Å². The number of carbonyl (C=O) groups is 2. The monoisotopic (exact) mass is 260 g/mol. The molecule has 1 aliphatic heterocycles. The highest BCUT2D eigenvalue weighted by atomic mass is 16.2. The van der Waals surface area contributed by atoms with Crippen LogP contribution in [0.3, 0.4) is 0 Å². The second kappa shape index (κ2) is 5.43. The van der Waals surface area contributed by atoms with E-state index in [0.29, 0.717) is 0 Å². The lowest BCUT2D eigenvalue weighted by Crippen LogP contribution is -2.52. The van der Waals surface area contributed by atoms with Gasteiger partial charge in [-0.1, -0.05) is 32.0 Å². The van der Waals surface area contributed by atoms with Gasteiger partial charge in [-0.25, -0.2) is 0 Å². The number of piperazine rings is 1. The van der Waals surface area contributed by atoms with Gasteiger partial charge >= 0.3 is 0 Å². The van der Waals surface area contributed by atoms with Crippen molar-refractivity contribution in [1.82, 2.24) is 4.90 Å². The molecule has 0 bridgehead atoms. The molecule has 2 rings (SSSR count). The molecule has 0 N–H and O–H groups in total. The third-order valence-corrected chi connectivity index (χ3v) is 3.63. The molecule has 0 aliphatic carbocycles. The normalized spacial score (nSPS) is 16.2. The number of likely N-dealkylation sites (N-methyl/N-ethyl adjacent to an activating group) is 1. The van der Waals surface area contributed by atoms with Gasteiger partial charge in [-0.2, -0.15) is 0 Å². The molecule has 19 heavy (non-hydrogen) atoms. The topological polar surface area (TPSA) is 40.6 Å². The number of aryl methyl sites for hydroxylation is 2. The van der Waals surface area contributed by atoms with Crippen LogP contribution in [0.5, 0.6) is 0 Å². The van der Waals surface area contributed by atoms with Crippen LogP contribution >= 0.6 is 0 Å². The Morgan fingerprint density at radius 1 is 1.00 bits per heavy atom. The zero-order valence-corrected chi connectivity index (χ0v) is 11.8. The molecule has 0 atom stereocenters. The van der Waals surface area contributed by atoms with Crippen LogP contribution in [0.2, 0.25) is 0 Å². The Hall–Kier alpha value is -1.84. The minimum Gasteiger partial charge on any atom is -0.335 e. The third kappa shape index (κ3) is 2.48. The number of benzene rings is 1. The van der Waals surface area contributed by atoms with Crippen LogP contribution < -0.4 is 4.90 Å². The Labute approximate surface area is 114 Å². The summed E-state index contributed by atoms with van der Waals surface area (Å²) < 4.78 is 0. The third-order valence-electron chi connectivity index (χ3n) is 3.63. The average molecular weight is 260 g/mol. The van der Waals surface area contributed by atoms with Crippen molar-refractivity contribution in [3.63, 3.8) is 0 Å². The summed E-state index contributed by atoms with van der Waals surface area (Å²) >= 11 is 0. The van der Waals surface area contributed by atoms with Gasteiger partial charge in [-0.05, 0) is 24.0 Å². The molecule has 4 heteroatoms. The Bertz CT molecular complexity index is 489. The van der Waals surface area contributed by atoms with Crippen molar-refractivity contribution in [3.8, 4) is 0 Å². The quantitative estimate of drug-likeness (QED) is 0.828. The van der Waals surface area contributed by atoms with Crippen LogP contribution in [0.1, 0.15) is 25.0 Å². The number of carbonyl (C=O) groups excluding carboxylic acids is 2. The van der Waals surface area contributed by atoms with E-state index >= 15 is 0 Å². The smallest absolute Gasteiger partial charge is 0.247 e. The summed E-state index contributed by atoms with van der Waals surface area (Å²) in [4.78, 5) is 27.2. The van der Waals surface area contributed by atoms with Crippen molar-refractivity contribution >= 4 is 17.5 Å². The molecule has 1 fully saturated rings. The van der Waals surface area contributed by atoms with Crippen molar-refractivity contribution in [2.45, 2.75) is 26.7 Å². The van der Waals surface area contributed by atoms with Gasteiger partial charge in [0.1, 0.15) is 6.54 Å². The zero-order chi connectivity index (χ0) is 14.0. The van der Waals surface area contributed by atoms with Gasteiger partial charge < -0.3 is 9.80 Å². The number of anilines is 1. The van der Waals surface area contributed by atoms with Gasteiger partial charge in [0.15, 0.2) is 0 Å². The number of amides is 2. The zero-order valence-electron chi connectivity index (χ0n) is 11.8. The first kappa shape index (κ1) is 13.6. The van der Waals surface area contributed by atoms with E-state index in [4.69, 9.17) is 0 Å². The molecule has 1 aliphatic rings. The summed E-state index contributed by atoms with van der Waals surface area (Å²) in [5.41, 5.74) is 3.20. The molecule has 102 valence electrons. The van der Waals surface area contributed by atoms with E-state index in [-0.39, 0.29) is 24.9 Å². The van der Waals surface area contributed by atoms with Gasteiger partial charge in [0.05, 0.1) is 12.2 Å². The van der Waals surface area contributed by atoms with E-state index < -0.39 is 0 Å². The van der Waals surface area contributed by atoms with Crippen molar-refractivity contribution in [3.05, 3.63) is 29.3 Å². The SMILES string of the molecule is CCc1cccc(CC)c1N1CC(=O)N(C)CC1=O. The molecule has 1 heterocycles. The predicted octanol–water partition coefficient (Wildman–Crippen LogP) is 1.62. The molecular weight excluding hydrogens is 240 g/mol. The van der Waals surface area contributed by atoms with Gasteiger partial charge in [-0.3, -0.25) is 9.59 Å². The van der Waals surface area contributed by atoms with Gasteiger partial charge in [0.2, 0.25) is 11.8 Å². The Balaban J connectivity index is 2.45. The van der Waals surface area contributed by atoms with Gasteiger partial charge in [0.25, 0.3) is 0 Å². The molecule has 0 spiro atoms. The van der Waals surface area contributed by atoms with E-state index in [1.807, 2.05) is 18.2 Å². The summed E-state index contributed by atoms with van der Waals surface area (Å²) in [6.45, 7) is 4.46. The second-order valence-corrected chi connectivity index (χ2v) is 4.86. The molecule has 4 nitrogen and oxygen atoms in total. The fourth-order valence-corrected chi connectivity index (χ4v) is 2.49. The van der Waals surface area contributed by atoms with Crippen LogP contribution in [0, 0.1) is 0 Å². The highest BCUT2D eigenvalue weighted by Gasteiger charge is 2.30. The van der Waals surface area contributed by atoms with E-state index in [1.165, 1.54) is 4.90 Å². The lowest BCUT2D eigenvalue weighted by molar-refractivity contribution is -0.136. The summed E-state index contributed by atoms with van der Waals surface area (Å²) in [5, 5.41) is 0. The van der Waals surface area contributed by atoms with Crippen LogP contribution in [0.25, 0.3) is 0 Å². The Morgan fingerprint density at radius 3 is 2.11 bits per heavy atom. The largest absolute Gasteiger partial charge is 0.335 e. The number of hydrogen-bond acceptors (Lipinski definition) is 2. The maximum Gasteiger partial charge on any atom is 0.247 e. The lowest BCUT2D eigenvalue weighted by atomic mass is 10.0. The maximum absolute atomic E-state index is 12.2. The predicted molar refractivity (Wildman–Crippen MR) is 75.2 cm³/mol. The second-order valence-electron chi connectivity index (χ2n) is 4.86. The number of hydrogen-bond donors (Lipinski definition) is 0. The Morgan fingerprint density at radius 2 is 1.58 bits per heavy atom. The summed E-state index contributed by atoms with van der Waals surface area (Å²) in [7, 11) is 1.67. The van der Waals surface area contributed by atoms with Crippen LogP contribution in [0.15, 0.2) is 18.2 Å². The first-order valence-corrected chi connectivity index (χ1v) is 6.73. The highest BCUT2D eigenvalue weighted by Crippen LogP contribution is 2.28. The summed E-state index contributed by atoms with van der Waals surface area (Å²) in [6.07, 6.45) is 1.72. The molecule has 2 amide bonds. The minimum atomic E-state index is -0.00689. The van der Waals surface area contributed by atoms with Crippen molar-refractivity contribution < 1.29 is 9.59 Å². The van der Waals surface area contributed by atoms with Gasteiger partial charge in [0, 0.05) is 7.05 Å². The molecule has 1 aromatic carbocycles. The van der Waals surface area contributed by atoms with Crippen molar-refractivity contribution in [1.29, 1.82) is 0 Å². The molecule has 1 saturated heterocycles. The Kier molecular flexibility index (Phi) is 3.88. The number of para-hydroxylation sites is 1. The fourth-order valence-electron chi connectivity index (χ4n) is 2.49. The standard InChI is InChI=1S/C15H20N2O2/c1-4-11-7-6-8-12(5-2)15(11)17-10-13(18)16(3)9-14(17)19/h6-8H,4-5,9-10H2,1-3H3. The van der Waals surface area contributed by atoms with E-state index in [9.17, 15) is 9.59 Å². The molecule has 0 radical (unpaired) electrons.